The molecule has 68 valence electrons. The molecule has 1 heteroatoms. The van der Waals surface area contributed by atoms with Crippen molar-refractivity contribution >= 4 is 5.57 Å². The number of rotatable bonds is 1. The van der Waals surface area contributed by atoms with E-state index < -0.39 is 0 Å². The largest absolute Gasteiger partial charge is 0.253 e. The second kappa shape index (κ2) is 3.73. The van der Waals surface area contributed by atoms with E-state index in [0.29, 0.717) is 0 Å². The molecule has 0 aromatic carbocycles. The number of allylic oxidation sites excluding steroid dienone is 2. The van der Waals surface area contributed by atoms with Gasteiger partial charge >= 0.3 is 0 Å². The molecule has 0 radical (unpaired) electrons. The molecule has 0 saturated heterocycles. The van der Waals surface area contributed by atoms with Gasteiger partial charge in [0.15, 0.2) is 0 Å². The minimum Gasteiger partial charge on any atom is -0.253 e. The molecule has 2 rings (SSSR count). The summed E-state index contributed by atoms with van der Waals surface area (Å²) < 4.78 is 0. The highest BCUT2D eigenvalue weighted by molar-refractivity contribution is 5.63. The Balaban J connectivity index is 2.29. The van der Waals surface area contributed by atoms with Gasteiger partial charge in [0.2, 0.25) is 0 Å². The molecule has 0 saturated carbocycles. The Kier molecular flexibility index (Phi) is 2.44. The van der Waals surface area contributed by atoms with Crippen LogP contribution in [0.3, 0.4) is 0 Å². The highest BCUT2D eigenvalue weighted by atomic mass is 14.7. The molecular formula is C12H15N. The molecule has 0 spiro atoms. The monoisotopic (exact) mass is 173 g/mol. The van der Waals surface area contributed by atoms with Crippen molar-refractivity contribution in [2.45, 2.75) is 32.6 Å². The van der Waals surface area contributed by atoms with E-state index in [4.69, 9.17) is 0 Å². The highest BCUT2D eigenvalue weighted by Gasteiger charge is 2.06. The van der Waals surface area contributed by atoms with E-state index in [2.05, 4.69) is 23.2 Å². The summed E-state index contributed by atoms with van der Waals surface area (Å²) in [6, 6.07) is 6.25. The fraction of sp³-hybridized carbons (Fsp3) is 0.417. The first-order chi connectivity index (χ1) is 6.36. The lowest BCUT2D eigenvalue weighted by atomic mass is 9.97. The van der Waals surface area contributed by atoms with E-state index in [-0.39, 0.29) is 0 Å². The summed E-state index contributed by atoms with van der Waals surface area (Å²) >= 11 is 0. The van der Waals surface area contributed by atoms with E-state index in [1.54, 1.807) is 0 Å². The van der Waals surface area contributed by atoms with E-state index in [1.807, 2.05) is 13.0 Å². The molecule has 0 N–H and O–H groups in total. The topological polar surface area (TPSA) is 12.9 Å². The van der Waals surface area contributed by atoms with Crippen LogP contribution in [0.15, 0.2) is 24.3 Å². The van der Waals surface area contributed by atoms with Crippen molar-refractivity contribution in [2.75, 3.05) is 0 Å². The van der Waals surface area contributed by atoms with Crippen LogP contribution in [0.1, 0.15) is 37.1 Å². The minimum atomic E-state index is 1.11. The lowest BCUT2D eigenvalue weighted by Crippen LogP contribution is -1.95. The maximum absolute atomic E-state index is 4.53. The average Bonchev–Trinajstić information content (AvgIpc) is 2.19. The first-order valence-corrected chi connectivity index (χ1v) is 4.99. The van der Waals surface area contributed by atoms with Crippen LogP contribution in [0.5, 0.6) is 0 Å². The van der Waals surface area contributed by atoms with Gasteiger partial charge in [-0.25, -0.2) is 0 Å². The van der Waals surface area contributed by atoms with E-state index in [0.717, 1.165) is 5.69 Å². The van der Waals surface area contributed by atoms with Gasteiger partial charge in [0.25, 0.3) is 0 Å². The minimum absolute atomic E-state index is 1.11. The van der Waals surface area contributed by atoms with Crippen LogP contribution in [0.2, 0.25) is 0 Å². The summed E-state index contributed by atoms with van der Waals surface area (Å²) in [7, 11) is 0. The predicted molar refractivity (Wildman–Crippen MR) is 55.4 cm³/mol. The Morgan fingerprint density at radius 1 is 1.23 bits per heavy atom. The molecule has 1 nitrogen and oxygen atoms in total. The molecule has 13 heavy (non-hydrogen) atoms. The average molecular weight is 173 g/mol. The van der Waals surface area contributed by atoms with Crippen LogP contribution in [-0.4, -0.2) is 4.98 Å². The zero-order valence-electron chi connectivity index (χ0n) is 8.09. The molecule has 0 atom stereocenters. The van der Waals surface area contributed by atoms with Gasteiger partial charge in [0.05, 0.1) is 5.69 Å². The van der Waals surface area contributed by atoms with Crippen LogP contribution in [0, 0.1) is 6.92 Å². The third-order valence-electron chi connectivity index (χ3n) is 2.51. The molecule has 0 aliphatic heterocycles. The zero-order chi connectivity index (χ0) is 9.10. The fourth-order valence-corrected chi connectivity index (χ4v) is 1.79. The van der Waals surface area contributed by atoms with Crippen molar-refractivity contribution in [3.63, 3.8) is 0 Å². The number of nitrogens with zero attached hydrogens (tertiary/aromatic N) is 1. The van der Waals surface area contributed by atoms with Crippen molar-refractivity contribution < 1.29 is 0 Å². The second-order valence-electron chi connectivity index (χ2n) is 3.64. The van der Waals surface area contributed by atoms with Gasteiger partial charge in [-0.15, -0.1) is 0 Å². The quantitative estimate of drug-likeness (QED) is 0.634. The van der Waals surface area contributed by atoms with E-state index >= 15 is 0 Å². The van der Waals surface area contributed by atoms with Gasteiger partial charge in [-0.2, -0.15) is 0 Å². The molecular weight excluding hydrogens is 158 g/mol. The fourth-order valence-electron chi connectivity index (χ4n) is 1.79. The third-order valence-corrected chi connectivity index (χ3v) is 2.51. The molecule has 1 aromatic heterocycles. The second-order valence-corrected chi connectivity index (χ2v) is 3.64. The van der Waals surface area contributed by atoms with Crippen LogP contribution < -0.4 is 0 Å². The first-order valence-electron chi connectivity index (χ1n) is 4.99. The van der Waals surface area contributed by atoms with Crippen molar-refractivity contribution in [2.24, 2.45) is 0 Å². The van der Waals surface area contributed by atoms with Gasteiger partial charge in [-0.1, -0.05) is 12.1 Å². The maximum atomic E-state index is 4.53. The summed E-state index contributed by atoms with van der Waals surface area (Å²) in [5.74, 6) is 0. The van der Waals surface area contributed by atoms with Crippen molar-refractivity contribution in [1.29, 1.82) is 0 Å². The Labute approximate surface area is 79.5 Å². The summed E-state index contributed by atoms with van der Waals surface area (Å²) in [4.78, 5) is 4.53. The summed E-state index contributed by atoms with van der Waals surface area (Å²) in [6.07, 6.45) is 7.43. The Bertz CT molecular complexity index is 326. The van der Waals surface area contributed by atoms with Crippen LogP contribution >= 0.6 is 0 Å². The van der Waals surface area contributed by atoms with Gasteiger partial charge in [0.1, 0.15) is 0 Å². The SMILES string of the molecule is Cc1cccc(C2=CCCCC2)n1. The van der Waals surface area contributed by atoms with E-state index in [1.165, 1.54) is 37.0 Å². The van der Waals surface area contributed by atoms with Crippen LogP contribution in [0.4, 0.5) is 0 Å². The Morgan fingerprint density at radius 2 is 2.15 bits per heavy atom. The molecule has 0 amide bonds. The molecule has 0 fully saturated rings. The van der Waals surface area contributed by atoms with Crippen molar-refractivity contribution in [1.82, 2.24) is 4.98 Å². The molecule has 1 aromatic rings. The molecule has 0 unspecified atom stereocenters. The highest BCUT2D eigenvalue weighted by Crippen LogP contribution is 2.25. The van der Waals surface area contributed by atoms with Gasteiger partial charge in [0, 0.05) is 5.69 Å². The lowest BCUT2D eigenvalue weighted by Gasteiger charge is -2.11. The maximum Gasteiger partial charge on any atom is 0.0661 e. The Morgan fingerprint density at radius 3 is 2.85 bits per heavy atom. The van der Waals surface area contributed by atoms with Crippen molar-refractivity contribution in [3.8, 4) is 0 Å². The molecule has 1 aliphatic carbocycles. The summed E-state index contributed by atoms with van der Waals surface area (Å²) in [6.45, 7) is 2.05. The third kappa shape index (κ3) is 1.97. The number of aromatic nitrogens is 1. The van der Waals surface area contributed by atoms with Crippen molar-refractivity contribution in [3.05, 3.63) is 35.7 Å². The van der Waals surface area contributed by atoms with Crippen LogP contribution in [0.25, 0.3) is 5.57 Å². The first kappa shape index (κ1) is 8.49. The standard InChI is InChI=1S/C12H15N/c1-10-6-5-9-12(13-10)11-7-3-2-4-8-11/h5-7,9H,2-4,8H2,1H3. The summed E-state index contributed by atoms with van der Waals surface area (Å²) in [5.41, 5.74) is 3.73. The smallest absolute Gasteiger partial charge is 0.0661 e. The number of hydrogen-bond acceptors (Lipinski definition) is 1. The number of aryl methyl sites for hydroxylation is 1. The number of hydrogen-bond donors (Lipinski definition) is 0. The Hall–Kier alpha value is -1.11. The normalized spacial score (nSPS) is 16.8. The van der Waals surface area contributed by atoms with E-state index in [9.17, 15) is 0 Å². The molecule has 1 heterocycles. The van der Waals surface area contributed by atoms with Gasteiger partial charge in [-0.3, -0.25) is 4.98 Å². The number of pyridine rings is 1. The van der Waals surface area contributed by atoms with Gasteiger partial charge < -0.3 is 0 Å². The summed E-state index contributed by atoms with van der Waals surface area (Å²) in [5, 5.41) is 0. The predicted octanol–water partition coefficient (Wildman–Crippen LogP) is 3.35. The van der Waals surface area contributed by atoms with Crippen LogP contribution in [-0.2, 0) is 0 Å². The molecule has 0 bridgehead atoms. The molecule has 1 aliphatic rings. The van der Waals surface area contributed by atoms with Gasteiger partial charge in [-0.05, 0) is 50.3 Å². The lowest BCUT2D eigenvalue weighted by molar-refractivity contribution is 0.739. The zero-order valence-corrected chi connectivity index (χ0v) is 8.09.